The van der Waals surface area contributed by atoms with Gasteiger partial charge in [0.05, 0.1) is 0 Å². The second-order valence-corrected chi connectivity index (χ2v) is 18.8. The Kier molecular flexibility index (Phi) is 17.7. The maximum absolute atomic E-state index is 15.2. The van der Waals surface area contributed by atoms with E-state index in [2.05, 4.69) is 38.2 Å². The number of hydrogen-bond acceptors (Lipinski definition) is 1. The third kappa shape index (κ3) is 12.8. The van der Waals surface area contributed by atoms with Gasteiger partial charge in [-0.25, -0.2) is 17.6 Å². The van der Waals surface area contributed by atoms with Gasteiger partial charge in [-0.2, -0.15) is 0 Å². The molecule has 4 aliphatic carbocycles. The van der Waals surface area contributed by atoms with Crippen LogP contribution in [0.2, 0.25) is 0 Å². The van der Waals surface area contributed by atoms with E-state index in [0.29, 0.717) is 26.1 Å². The molecule has 0 spiro atoms. The Hall–Kier alpha value is -2.40. The molecule has 2 aromatic carbocycles. The highest BCUT2D eigenvalue weighted by atomic mass is 19.1. The minimum absolute atomic E-state index is 0.136. The summed E-state index contributed by atoms with van der Waals surface area (Å²) in [5.74, 6) is 3.33. The van der Waals surface area contributed by atoms with Gasteiger partial charge in [0.25, 0.3) is 0 Å². The zero-order valence-corrected chi connectivity index (χ0v) is 35.5. The average Bonchev–Trinajstić information content (AvgIpc) is 3.23. The second kappa shape index (κ2) is 22.8. The molecule has 0 aromatic heterocycles. The van der Waals surface area contributed by atoms with Crippen LogP contribution in [-0.2, 0) is 17.6 Å². The van der Waals surface area contributed by atoms with Crippen LogP contribution in [0.25, 0.3) is 0 Å². The molecule has 57 heavy (non-hydrogen) atoms. The predicted octanol–water partition coefficient (Wildman–Crippen LogP) is 15.7. The van der Waals surface area contributed by atoms with E-state index < -0.39 is 23.3 Å². The Balaban J connectivity index is 0.856. The number of unbranched alkanes of at least 4 members (excludes halogenated alkanes) is 2. The monoisotopic (exact) mass is 791 g/mol. The summed E-state index contributed by atoms with van der Waals surface area (Å²) in [6.45, 7) is 5.16. The first-order valence-electron chi connectivity index (χ1n) is 23.7. The number of allylic oxidation sites excluding steroid dienone is 4. The van der Waals surface area contributed by atoms with Crippen LogP contribution in [0.4, 0.5) is 17.6 Å². The standard InChI is InChI=1S/C52H74F4O/c1-3-5-7-11-37-15-19-39(20-16-37)41-23-27-43(28-24-41)45-33-49(53)47(50(54)34-45)13-9-31-57-32-10-14-48-51(55)35-46(36-52(48)56)44-29-25-42(26-30-44)40-21-17-38(18-22-40)12-8-6-4-2/h7-8,11-12,33-44H,3-6,9-10,13-32H2,1-2H3/b11-7+,12-8+. The fraction of sp³-hybridized carbons (Fsp3) is 0.692. The van der Waals surface area contributed by atoms with Crippen LogP contribution in [0.3, 0.4) is 0 Å². The molecule has 0 heterocycles. The normalized spacial score (nSPS) is 28.7. The van der Waals surface area contributed by atoms with Crippen LogP contribution < -0.4 is 0 Å². The summed E-state index contributed by atoms with van der Waals surface area (Å²) in [5.41, 5.74) is 1.90. The lowest BCUT2D eigenvalue weighted by Crippen LogP contribution is -2.25. The number of ether oxygens (including phenoxy) is 1. The Morgan fingerprint density at radius 2 is 0.789 bits per heavy atom. The lowest BCUT2D eigenvalue weighted by atomic mass is 9.68. The SMILES string of the molecule is CCC/C=C/C1CCC(C2CCC(c3cc(F)c(CCCOCCCc4c(F)cc(C5CCC(C6CCC(/C=C/CCC)CC6)CC5)cc4F)c(F)c3)CC2)CC1. The zero-order chi connectivity index (χ0) is 40.0. The van der Waals surface area contributed by atoms with Crippen molar-refractivity contribution < 1.29 is 22.3 Å². The first-order chi connectivity index (χ1) is 27.8. The molecular formula is C52H74F4O. The van der Waals surface area contributed by atoms with Crippen molar-refractivity contribution >= 4 is 0 Å². The molecule has 316 valence electrons. The molecule has 4 aliphatic rings. The van der Waals surface area contributed by atoms with E-state index in [4.69, 9.17) is 4.74 Å². The summed E-state index contributed by atoms with van der Waals surface area (Å²) in [7, 11) is 0. The van der Waals surface area contributed by atoms with Crippen LogP contribution in [-0.4, -0.2) is 13.2 Å². The van der Waals surface area contributed by atoms with E-state index in [-0.39, 0.29) is 35.8 Å². The van der Waals surface area contributed by atoms with Gasteiger partial charge in [0, 0.05) is 24.3 Å². The van der Waals surface area contributed by atoms with Crippen molar-refractivity contribution in [1.29, 1.82) is 0 Å². The van der Waals surface area contributed by atoms with Crippen molar-refractivity contribution in [2.75, 3.05) is 13.2 Å². The topological polar surface area (TPSA) is 9.23 Å². The summed E-state index contributed by atoms with van der Waals surface area (Å²) in [6.07, 6.45) is 35.2. The van der Waals surface area contributed by atoms with Crippen LogP contribution in [0, 0.1) is 58.8 Å². The van der Waals surface area contributed by atoms with Gasteiger partial charge in [0.2, 0.25) is 0 Å². The highest BCUT2D eigenvalue weighted by molar-refractivity contribution is 5.30. The van der Waals surface area contributed by atoms with Crippen molar-refractivity contribution in [2.45, 2.75) is 180 Å². The van der Waals surface area contributed by atoms with Crippen LogP contribution in [0.1, 0.15) is 189 Å². The maximum Gasteiger partial charge on any atom is 0.129 e. The Bertz CT molecular complexity index is 1390. The molecular weight excluding hydrogens is 717 g/mol. The van der Waals surface area contributed by atoms with E-state index in [9.17, 15) is 0 Å². The Labute approximate surface area is 343 Å². The number of benzene rings is 2. The van der Waals surface area contributed by atoms with Crippen LogP contribution in [0.15, 0.2) is 48.6 Å². The van der Waals surface area contributed by atoms with Crippen molar-refractivity contribution in [2.24, 2.45) is 35.5 Å². The van der Waals surface area contributed by atoms with E-state index in [1.54, 1.807) is 24.3 Å². The fourth-order valence-corrected chi connectivity index (χ4v) is 11.4. The molecule has 0 atom stereocenters. The predicted molar refractivity (Wildman–Crippen MR) is 229 cm³/mol. The van der Waals surface area contributed by atoms with Crippen molar-refractivity contribution in [3.63, 3.8) is 0 Å². The number of halogens is 4. The van der Waals surface area contributed by atoms with Gasteiger partial charge in [-0.15, -0.1) is 0 Å². The summed E-state index contributed by atoms with van der Waals surface area (Å²) in [6, 6.07) is 6.32. The Morgan fingerprint density at radius 1 is 0.474 bits per heavy atom. The molecule has 5 heteroatoms. The third-order valence-corrected chi connectivity index (χ3v) is 14.9. The van der Waals surface area contributed by atoms with Crippen molar-refractivity contribution in [1.82, 2.24) is 0 Å². The van der Waals surface area contributed by atoms with Crippen LogP contribution in [0.5, 0.6) is 0 Å². The van der Waals surface area contributed by atoms with Crippen molar-refractivity contribution in [3.05, 3.63) is 94.1 Å². The van der Waals surface area contributed by atoms with Gasteiger partial charge in [-0.1, -0.05) is 51.0 Å². The summed E-state index contributed by atoms with van der Waals surface area (Å²) < 4.78 is 66.6. The lowest BCUT2D eigenvalue weighted by Gasteiger charge is -2.37. The summed E-state index contributed by atoms with van der Waals surface area (Å²) in [4.78, 5) is 0. The van der Waals surface area contributed by atoms with Gasteiger partial charge in [0.1, 0.15) is 23.3 Å². The molecule has 0 unspecified atom stereocenters. The van der Waals surface area contributed by atoms with Gasteiger partial charge >= 0.3 is 0 Å². The number of hydrogen-bond donors (Lipinski definition) is 0. The summed E-state index contributed by atoms with van der Waals surface area (Å²) in [5, 5.41) is 0. The molecule has 0 radical (unpaired) electrons. The highest BCUT2D eigenvalue weighted by Gasteiger charge is 2.33. The van der Waals surface area contributed by atoms with Crippen molar-refractivity contribution in [3.8, 4) is 0 Å². The fourth-order valence-electron chi connectivity index (χ4n) is 11.4. The van der Waals surface area contributed by atoms with Crippen LogP contribution >= 0.6 is 0 Å². The molecule has 4 fully saturated rings. The molecule has 2 aromatic rings. The largest absolute Gasteiger partial charge is 0.381 e. The molecule has 6 rings (SSSR count). The van der Waals surface area contributed by atoms with E-state index in [0.717, 1.165) is 98.0 Å². The molecule has 0 bridgehead atoms. The summed E-state index contributed by atoms with van der Waals surface area (Å²) >= 11 is 0. The highest BCUT2D eigenvalue weighted by Crippen LogP contribution is 2.46. The van der Waals surface area contributed by atoms with E-state index in [1.165, 1.54) is 77.0 Å². The molecule has 4 saturated carbocycles. The Morgan fingerprint density at radius 3 is 1.11 bits per heavy atom. The van der Waals surface area contributed by atoms with E-state index in [1.807, 2.05) is 0 Å². The second-order valence-electron chi connectivity index (χ2n) is 18.8. The molecule has 0 N–H and O–H groups in total. The van der Waals surface area contributed by atoms with Gasteiger partial charge in [0.15, 0.2) is 0 Å². The third-order valence-electron chi connectivity index (χ3n) is 14.9. The minimum Gasteiger partial charge on any atom is -0.381 e. The first kappa shape index (κ1) is 44.2. The number of rotatable bonds is 18. The molecule has 0 saturated heterocycles. The molecule has 1 nitrogen and oxygen atoms in total. The zero-order valence-electron chi connectivity index (χ0n) is 35.5. The maximum atomic E-state index is 15.2. The first-order valence-corrected chi connectivity index (χ1v) is 23.7. The smallest absolute Gasteiger partial charge is 0.129 e. The lowest BCUT2D eigenvalue weighted by molar-refractivity contribution is 0.129. The van der Waals surface area contributed by atoms with E-state index >= 15 is 17.6 Å². The average molecular weight is 791 g/mol. The quantitative estimate of drug-likeness (QED) is 0.0830. The van der Waals surface area contributed by atoms with Gasteiger partial charge < -0.3 is 4.74 Å². The van der Waals surface area contributed by atoms with Gasteiger partial charge in [-0.05, 0) is 224 Å². The van der Waals surface area contributed by atoms with Gasteiger partial charge in [-0.3, -0.25) is 0 Å². The minimum atomic E-state index is -0.447. The molecule has 0 aliphatic heterocycles. The molecule has 0 amide bonds.